The Morgan fingerprint density at radius 2 is 2.00 bits per heavy atom. The number of carbonyl (C=O) groups excluding carboxylic acids is 1. The van der Waals surface area contributed by atoms with Crippen LogP contribution in [0.4, 0.5) is 0 Å². The Hall–Kier alpha value is -1.00. The molecule has 0 aliphatic heterocycles. The van der Waals surface area contributed by atoms with Crippen molar-refractivity contribution in [3.63, 3.8) is 0 Å². The third-order valence-corrected chi connectivity index (χ3v) is 2.03. The van der Waals surface area contributed by atoms with Crippen LogP contribution in [-0.4, -0.2) is 24.2 Å². The molecule has 0 bridgehead atoms. The van der Waals surface area contributed by atoms with E-state index in [4.69, 9.17) is 5.11 Å². The SMILES string of the molecule is O=C(Cc1ccc(S)cc1)NCCO. The van der Waals surface area contributed by atoms with E-state index >= 15 is 0 Å². The van der Waals surface area contributed by atoms with Gasteiger partial charge in [-0.1, -0.05) is 12.1 Å². The molecule has 1 aromatic carbocycles. The number of nitrogens with one attached hydrogen (secondary N) is 1. The molecule has 0 aliphatic carbocycles. The lowest BCUT2D eigenvalue weighted by Gasteiger charge is -2.03. The van der Waals surface area contributed by atoms with Crippen molar-refractivity contribution in [1.82, 2.24) is 5.32 Å². The van der Waals surface area contributed by atoms with Crippen molar-refractivity contribution in [3.8, 4) is 0 Å². The quantitative estimate of drug-likeness (QED) is 0.640. The van der Waals surface area contributed by atoms with Gasteiger partial charge in [0.05, 0.1) is 13.0 Å². The smallest absolute Gasteiger partial charge is 0.224 e. The van der Waals surface area contributed by atoms with Crippen molar-refractivity contribution in [1.29, 1.82) is 0 Å². The van der Waals surface area contributed by atoms with Crippen molar-refractivity contribution in [2.24, 2.45) is 0 Å². The fourth-order valence-corrected chi connectivity index (χ4v) is 1.21. The van der Waals surface area contributed by atoms with Crippen LogP contribution in [0.1, 0.15) is 5.56 Å². The highest BCUT2D eigenvalue weighted by Crippen LogP contribution is 2.07. The summed E-state index contributed by atoms with van der Waals surface area (Å²) < 4.78 is 0. The van der Waals surface area contributed by atoms with E-state index in [1.807, 2.05) is 24.3 Å². The Morgan fingerprint density at radius 3 is 2.57 bits per heavy atom. The zero-order valence-corrected chi connectivity index (χ0v) is 8.63. The maximum Gasteiger partial charge on any atom is 0.224 e. The van der Waals surface area contributed by atoms with Gasteiger partial charge in [-0.05, 0) is 17.7 Å². The lowest BCUT2D eigenvalue weighted by molar-refractivity contribution is -0.120. The van der Waals surface area contributed by atoms with Crippen LogP contribution in [-0.2, 0) is 11.2 Å². The van der Waals surface area contributed by atoms with Gasteiger partial charge in [-0.2, -0.15) is 0 Å². The summed E-state index contributed by atoms with van der Waals surface area (Å²) in [4.78, 5) is 12.1. The van der Waals surface area contributed by atoms with Gasteiger partial charge in [0.15, 0.2) is 0 Å². The highest BCUT2D eigenvalue weighted by molar-refractivity contribution is 7.80. The Kier molecular flexibility index (Phi) is 4.49. The second-order valence-electron chi connectivity index (χ2n) is 2.92. The molecule has 0 saturated carbocycles. The molecular weight excluding hydrogens is 198 g/mol. The average molecular weight is 211 g/mol. The topological polar surface area (TPSA) is 49.3 Å². The largest absolute Gasteiger partial charge is 0.395 e. The number of thiol groups is 1. The molecule has 2 N–H and O–H groups in total. The lowest BCUT2D eigenvalue weighted by atomic mass is 10.1. The molecule has 76 valence electrons. The van der Waals surface area contributed by atoms with Gasteiger partial charge in [-0.25, -0.2) is 0 Å². The minimum absolute atomic E-state index is 0.0265. The van der Waals surface area contributed by atoms with Crippen LogP contribution in [0.15, 0.2) is 29.2 Å². The molecule has 0 radical (unpaired) electrons. The predicted octanol–water partition coefficient (Wildman–Crippen LogP) is 0.626. The molecule has 0 spiro atoms. The van der Waals surface area contributed by atoms with Gasteiger partial charge < -0.3 is 10.4 Å². The number of amides is 1. The minimum Gasteiger partial charge on any atom is -0.395 e. The number of hydrogen-bond acceptors (Lipinski definition) is 3. The number of rotatable bonds is 4. The van der Waals surface area contributed by atoms with E-state index in [0.29, 0.717) is 13.0 Å². The third kappa shape index (κ3) is 3.81. The molecule has 0 saturated heterocycles. The zero-order chi connectivity index (χ0) is 10.4. The van der Waals surface area contributed by atoms with Crippen LogP contribution in [0.2, 0.25) is 0 Å². The van der Waals surface area contributed by atoms with Crippen LogP contribution in [0, 0.1) is 0 Å². The maximum absolute atomic E-state index is 11.2. The molecule has 0 fully saturated rings. The number of aliphatic hydroxyl groups excluding tert-OH is 1. The Bertz CT molecular complexity index is 297. The standard InChI is InChI=1S/C10H13NO2S/c12-6-5-11-10(13)7-8-1-3-9(14)4-2-8/h1-4,12,14H,5-7H2,(H,11,13). The first-order valence-corrected chi connectivity index (χ1v) is 4.82. The maximum atomic E-state index is 11.2. The van der Waals surface area contributed by atoms with E-state index in [1.165, 1.54) is 0 Å². The van der Waals surface area contributed by atoms with E-state index in [9.17, 15) is 4.79 Å². The molecule has 1 rings (SSSR count). The monoisotopic (exact) mass is 211 g/mol. The summed E-state index contributed by atoms with van der Waals surface area (Å²) in [5.41, 5.74) is 0.943. The fourth-order valence-electron chi connectivity index (χ4n) is 1.06. The van der Waals surface area contributed by atoms with Gasteiger partial charge in [0, 0.05) is 11.4 Å². The molecule has 0 unspecified atom stereocenters. The van der Waals surface area contributed by atoms with Crippen LogP contribution < -0.4 is 5.32 Å². The van der Waals surface area contributed by atoms with Gasteiger partial charge in [-0.3, -0.25) is 4.79 Å². The summed E-state index contributed by atoms with van der Waals surface area (Å²) >= 11 is 4.15. The van der Waals surface area contributed by atoms with E-state index in [-0.39, 0.29) is 12.5 Å². The highest BCUT2D eigenvalue weighted by atomic mass is 32.1. The second-order valence-corrected chi connectivity index (χ2v) is 3.43. The fraction of sp³-hybridized carbons (Fsp3) is 0.300. The Labute approximate surface area is 88.6 Å². The van der Waals surface area contributed by atoms with E-state index in [2.05, 4.69) is 17.9 Å². The summed E-state index contributed by atoms with van der Waals surface area (Å²) in [5.74, 6) is -0.0778. The first kappa shape index (κ1) is 11.1. The number of carbonyl (C=O) groups is 1. The summed E-state index contributed by atoms with van der Waals surface area (Å²) in [6.07, 6.45) is 0.341. The molecule has 0 atom stereocenters. The van der Waals surface area contributed by atoms with E-state index < -0.39 is 0 Å². The van der Waals surface area contributed by atoms with Crippen molar-refractivity contribution in [3.05, 3.63) is 29.8 Å². The summed E-state index contributed by atoms with van der Waals surface area (Å²) in [5, 5.41) is 11.1. The number of benzene rings is 1. The molecule has 3 nitrogen and oxygen atoms in total. The third-order valence-electron chi connectivity index (χ3n) is 1.73. The summed E-state index contributed by atoms with van der Waals surface area (Å²) in [6, 6.07) is 7.41. The highest BCUT2D eigenvalue weighted by Gasteiger charge is 2.01. The van der Waals surface area contributed by atoms with Gasteiger partial charge in [0.25, 0.3) is 0 Å². The van der Waals surface area contributed by atoms with Crippen LogP contribution in [0.3, 0.4) is 0 Å². The number of aliphatic hydroxyl groups is 1. The molecular formula is C10H13NO2S. The van der Waals surface area contributed by atoms with Gasteiger partial charge in [-0.15, -0.1) is 12.6 Å². The first-order chi connectivity index (χ1) is 6.72. The minimum atomic E-state index is -0.0778. The lowest BCUT2D eigenvalue weighted by Crippen LogP contribution is -2.27. The van der Waals surface area contributed by atoms with Crippen LogP contribution in [0.25, 0.3) is 0 Å². The van der Waals surface area contributed by atoms with Gasteiger partial charge in [0.2, 0.25) is 5.91 Å². The van der Waals surface area contributed by atoms with Crippen molar-refractivity contribution >= 4 is 18.5 Å². The summed E-state index contributed by atoms with van der Waals surface area (Å²) in [7, 11) is 0. The zero-order valence-electron chi connectivity index (χ0n) is 7.73. The van der Waals surface area contributed by atoms with Crippen LogP contribution >= 0.6 is 12.6 Å². The molecule has 14 heavy (non-hydrogen) atoms. The summed E-state index contributed by atoms with van der Waals surface area (Å²) in [6.45, 7) is 0.283. The molecule has 0 aromatic heterocycles. The Morgan fingerprint density at radius 1 is 1.36 bits per heavy atom. The molecule has 0 heterocycles. The van der Waals surface area contributed by atoms with Gasteiger partial charge >= 0.3 is 0 Å². The average Bonchev–Trinajstić information content (AvgIpc) is 2.18. The molecule has 0 aliphatic rings. The Balaban J connectivity index is 2.44. The van der Waals surface area contributed by atoms with E-state index in [0.717, 1.165) is 10.5 Å². The van der Waals surface area contributed by atoms with Crippen LogP contribution in [0.5, 0.6) is 0 Å². The van der Waals surface area contributed by atoms with Crippen molar-refractivity contribution in [2.45, 2.75) is 11.3 Å². The van der Waals surface area contributed by atoms with Crippen molar-refractivity contribution in [2.75, 3.05) is 13.2 Å². The molecule has 1 aromatic rings. The van der Waals surface area contributed by atoms with E-state index in [1.54, 1.807) is 0 Å². The second kappa shape index (κ2) is 5.67. The predicted molar refractivity (Wildman–Crippen MR) is 57.5 cm³/mol. The molecule has 1 amide bonds. The van der Waals surface area contributed by atoms with Gasteiger partial charge in [0.1, 0.15) is 0 Å². The normalized spacial score (nSPS) is 9.86. The van der Waals surface area contributed by atoms with Crippen molar-refractivity contribution < 1.29 is 9.90 Å². The molecule has 4 heteroatoms. The first-order valence-electron chi connectivity index (χ1n) is 4.38. The number of hydrogen-bond donors (Lipinski definition) is 3.